The molecule has 2 aliphatic heterocycles. The molecule has 2 saturated heterocycles. The van der Waals surface area contributed by atoms with E-state index in [9.17, 15) is 0 Å². The van der Waals surface area contributed by atoms with Gasteiger partial charge in [-0.15, -0.1) is 0 Å². The molecule has 0 bridgehead atoms. The van der Waals surface area contributed by atoms with E-state index in [4.69, 9.17) is 0 Å². The molecule has 2 heterocycles. The third-order valence-electron chi connectivity index (χ3n) is 6.51. The van der Waals surface area contributed by atoms with E-state index in [2.05, 4.69) is 40.1 Å². The first-order valence-electron chi connectivity index (χ1n) is 9.44. The Balaban J connectivity index is 1.39. The maximum absolute atomic E-state index is 2.83. The molecular formula is C20H30N2. The van der Waals surface area contributed by atoms with Crippen LogP contribution in [0.3, 0.4) is 0 Å². The molecule has 0 radical (unpaired) electrons. The molecule has 1 saturated carbocycles. The summed E-state index contributed by atoms with van der Waals surface area (Å²) in [5, 5.41) is 0. The minimum Gasteiger partial charge on any atom is -0.366 e. The fourth-order valence-corrected chi connectivity index (χ4v) is 5.00. The van der Waals surface area contributed by atoms with Crippen molar-refractivity contribution in [3.8, 4) is 0 Å². The van der Waals surface area contributed by atoms with Crippen LogP contribution in [0.1, 0.15) is 57.8 Å². The van der Waals surface area contributed by atoms with Gasteiger partial charge in [-0.3, -0.25) is 0 Å². The Morgan fingerprint density at radius 2 is 1.41 bits per heavy atom. The maximum atomic E-state index is 2.83. The van der Waals surface area contributed by atoms with E-state index in [1.807, 2.05) is 0 Å². The summed E-state index contributed by atoms with van der Waals surface area (Å²) in [4.78, 5) is 5.52. The first kappa shape index (κ1) is 14.6. The number of rotatable bonds is 2. The van der Waals surface area contributed by atoms with Gasteiger partial charge in [0.2, 0.25) is 0 Å². The van der Waals surface area contributed by atoms with E-state index >= 15 is 0 Å². The minimum absolute atomic E-state index is 0.489. The molecule has 0 amide bonds. The lowest BCUT2D eigenvalue weighted by molar-refractivity contribution is 0.0786. The van der Waals surface area contributed by atoms with Gasteiger partial charge in [0.1, 0.15) is 0 Å². The Morgan fingerprint density at radius 1 is 0.773 bits per heavy atom. The van der Waals surface area contributed by atoms with Gasteiger partial charge in [0.05, 0.1) is 0 Å². The molecule has 1 spiro atoms. The van der Waals surface area contributed by atoms with Crippen molar-refractivity contribution in [2.75, 3.05) is 24.5 Å². The van der Waals surface area contributed by atoms with Crippen molar-refractivity contribution < 1.29 is 0 Å². The SMILES string of the molecule is c1ccc(N2CCC23CCN(C2CCCCCC2)CC3)cc1. The van der Waals surface area contributed by atoms with Crippen LogP contribution >= 0.6 is 0 Å². The highest BCUT2D eigenvalue weighted by Gasteiger charge is 2.46. The predicted octanol–water partition coefficient (Wildman–Crippen LogP) is 4.45. The van der Waals surface area contributed by atoms with Crippen molar-refractivity contribution in [3.63, 3.8) is 0 Å². The number of nitrogens with zero attached hydrogens (tertiary/aromatic N) is 2. The molecule has 0 N–H and O–H groups in total. The van der Waals surface area contributed by atoms with Gasteiger partial charge >= 0.3 is 0 Å². The van der Waals surface area contributed by atoms with Crippen LogP contribution in [0.15, 0.2) is 30.3 Å². The molecule has 3 fully saturated rings. The summed E-state index contributed by atoms with van der Waals surface area (Å²) >= 11 is 0. The standard InChI is InChI=1S/C20H30N2/c1-2-5-9-18(8-4-1)21-15-12-20(13-16-21)14-17-22(20)19-10-6-3-7-11-19/h3,6-7,10-11,18H,1-2,4-5,8-9,12-17H2. The lowest BCUT2D eigenvalue weighted by Crippen LogP contribution is -2.65. The number of anilines is 1. The number of para-hydroxylation sites is 1. The second kappa shape index (κ2) is 6.23. The monoisotopic (exact) mass is 298 g/mol. The van der Waals surface area contributed by atoms with Gasteiger partial charge in [-0.05, 0) is 44.2 Å². The van der Waals surface area contributed by atoms with Crippen molar-refractivity contribution in [3.05, 3.63) is 30.3 Å². The largest absolute Gasteiger partial charge is 0.366 e. The molecule has 0 aromatic heterocycles. The summed E-state index contributed by atoms with van der Waals surface area (Å²) in [6, 6.07) is 12.0. The minimum atomic E-state index is 0.489. The summed E-state index contributed by atoms with van der Waals surface area (Å²) < 4.78 is 0. The van der Waals surface area contributed by atoms with E-state index in [0.29, 0.717) is 5.54 Å². The molecule has 120 valence electrons. The Morgan fingerprint density at radius 3 is 2.00 bits per heavy atom. The van der Waals surface area contributed by atoms with Crippen molar-refractivity contribution >= 4 is 5.69 Å². The molecule has 1 aromatic rings. The Kier molecular flexibility index (Phi) is 4.13. The van der Waals surface area contributed by atoms with E-state index in [0.717, 1.165) is 6.04 Å². The zero-order valence-corrected chi connectivity index (χ0v) is 13.8. The molecule has 1 aliphatic carbocycles. The van der Waals surface area contributed by atoms with Crippen LogP contribution < -0.4 is 4.90 Å². The van der Waals surface area contributed by atoms with Crippen LogP contribution in [0.25, 0.3) is 0 Å². The second-order valence-electron chi connectivity index (χ2n) is 7.64. The molecule has 2 nitrogen and oxygen atoms in total. The zero-order valence-electron chi connectivity index (χ0n) is 13.8. The number of piperidine rings is 1. The summed E-state index contributed by atoms with van der Waals surface area (Å²) in [6.45, 7) is 3.91. The Labute approximate surface area is 135 Å². The smallest absolute Gasteiger partial charge is 0.0443 e. The lowest BCUT2D eigenvalue weighted by Gasteiger charge is -2.58. The average Bonchev–Trinajstić information content (AvgIpc) is 2.84. The summed E-state index contributed by atoms with van der Waals surface area (Å²) in [7, 11) is 0. The van der Waals surface area contributed by atoms with Crippen LogP contribution in [0.4, 0.5) is 5.69 Å². The van der Waals surface area contributed by atoms with E-state index in [1.165, 1.54) is 83.1 Å². The highest BCUT2D eigenvalue weighted by molar-refractivity contribution is 5.52. The molecule has 0 atom stereocenters. The molecule has 22 heavy (non-hydrogen) atoms. The molecule has 1 aromatic carbocycles. The highest BCUT2D eigenvalue weighted by Crippen LogP contribution is 2.43. The van der Waals surface area contributed by atoms with Crippen molar-refractivity contribution in [1.29, 1.82) is 0 Å². The predicted molar refractivity (Wildman–Crippen MR) is 93.4 cm³/mol. The molecule has 2 heteroatoms. The zero-order chi connectivity index (χ0) is 14.8. The third kappa shape index (κ3) is 2.67. The van der Waals surface area contributed by atoms with Crippen molar-refractivity contribution in [2.24, 2.45) is 0 Å². The molecule has 0 unspecified atom stereocenters. The summed E-state index contributed by atoms with van der Waals surface area (Å²) in [5.74, 6) is 0. The van der Waals surface area contributed by atoms with Crippen LogP contribution in [0.2, 0.25) is 0 Å². The van der Waals surface area contributed by atoms with E-state index in [1.54, 1.807) is 0 Å². The number of likely N-dealkylation sites (tertiary alicyclic amines) is 1. The van der Waals surface area contributed by atoms with Gasteiger partial charge in [-0.25, -0.2) is 0 Å². The fourth-order valence-electron chi connectivity index (χ4n) is 5.00. The third-order valence-corrected chi connectivity index (χ3v) is 6.51. The van der Waals surface area contributed by atoms with Crippen LogP contribution in [0.5, 0.6) is 0 Å². The van der Waals surface area contributed by atoms with Gasteiger partial charge < -0.3 is 9.80 Å². The number of hydrogen-bond acceptors (Lipinski definition) is 2. The highest BCUT2D eigenvalue weighted by atomic mass is 15.3. The molecule has 3 aliphatic rings. The average molecular weight is 298 g/mol. The van der Waals surface area contributed by atoms with Crippen LogP contribution in [-0.4, -0.2) is 36.1 Å². The molecular weight excluding hydrogens is 268 g/mol. The quantitative estimate of drug-likeness (QED) is 0.744. The van der Waals surface area contributed by atoms with Crippen molar-refractivity contribution in [1.82, 2.24) is 4.90 Å². The van der Waals surface area contributed by atoms with Gasteiger partial charge in [-0.1, -0.05) is 43.9 Å². The lowest BCUT2D eigenvalue weighted by atomic mass is 9.75. The Hall–Kier alpha value is -1.02. The van der Waals surface area contributed by atoms with Crippen LogP contribution in [0, 0.1) is 0 Å². The van der Waals surface area contributed by atoms with Crippen molar-refractivity contribution in [2.45, 2.75) is 69.4 Å². The maximum Gasteiger partial charge on any atom is 0.0443 e. The normalized spacial score (nSPS) is 26.6. The van der Waals surface area contributed by atoms with Gasteiger partial charge in [-0.2, -0.15) is 0 Å². The van der Waals surface area contributed by atoms with Gasteiger partial charge in [0, 0.05) is 36.9 Å². The first-order valence-corrected chi connectivity index (χ1v) is 9.44. The van der Waals surface area contributed by atoms with Gasteiger partial charge in [0.25, 0.3) is 0 Å². The van der Waals surface area contributed by atoms with Gasteiger partial charge in [0.15, 0.2) is 0 Å². The number of hydrogen-bond donors (Lipinski definition) is 0. The summed E-state index contributed by atoms with van der Waals surface area (Å²) in [6.07, 6.45) is 12.9. The topological polar surface area (TPSA) is 6.48 Å². The van der Waals surface area contributed by atoms with Crippen LogP contribution in [-0.2, 0) is 0 Å². The summed E-state index contributed by atoms with van der Waals surface area (Å²) in [5.41, 5.74) is 1.93. The van der Waals surface area contributed by atoms with E-state index in [-0.39, 0.29) is 0 Å². The number of benzene rings is 1. The fraction of sp³-hybridized carbons (Fsp3) is 0.700. The first-order chi connectivity index (χ1) is 10.9. The molecule has 4 rings (SSSR count). The van der Waals surface area contributed by atoms with E-state index < -0.39 is 0 Å². The second-order valence-corrected chi connectivity index (χ2v) is 7.64. The Bertz CT molecular complexity index is 468.